The fourth-order valence-electron chi connectivity index (χ4n) is 4.79. The number of urea groups is 1. The first-order chi connectivity index (χ1) is 17.5. The van der Waals surface area contributed by atoms with Crippen molar-refractivity contribution in [3.05, 3.63) is 64.7 Å². The molecule has 4 amide bonds. The number of anilines is 1. The summed E-state index contributed by atoms with van der Waals surface area (Å²) >= 11 is 0. The van der Waals surface area contributed by atoms with E-state index in [0.29, 0.717) is 32.2 Å². The lowest BCUT2D eigenvalue weighted by atomic mass is 9.81. The molecule has 10 heteroatoms. The van der Waals surface area contributed by atoms with Crippen LogP contribution in [-0.2, 0) is 22.7 Å². The zero-order valence-electron chi connectivity index (χ0n) is 20.9. The first kappa shape index (κ1) is 26.5. The minimum absolute atomic E-state index is 0.0281. The molecule has 4 N–H and O–H groups in total. The van der Waals surface area contributed by atoms with Gasteiger partial charge in [-0.15, -0.1) is 0 Å². The van der Waals surface area contributed by atoms with E-state index in [1.807, 2.05) is 0 Å². The number of nitrogens with zero attached hydrogens (tertiary/aromatic N) is 1. The van der Waals surface area contributed by atoms with Gasteiger partial charge in [0.1, 0.15) is 11.6 Å². The number of carbonyl (C=O) groups is 3. The van der Waals surface area contributed by atoms with Gasteiger partial charge in [-0.2, -0.15) is 0 Å². The average Bonchev–Trinajstić information content (AvgIpc) is 3.27. The van der Waals surface area contributed by atoms with Gasteiger partial charge < -0.3 is 26.0 Å². The molecule has 1 aliphatic carbocycles. The van der Waals surface area contributed by atoms with Gasteiger partial charge in [0.2, 0.25) is 0 Å². The molecule has 2 aliphatic rings. The van der Waals surface area contributed by atoms with E-state index in [2.05, 4.69) is 16.0 Å². The summed E-state index contributed by atoms with van der Waals surface area (Å²) < 4.78 is 28.3. The number of nitrogens with one attached hydrogen (secondary N) is 3. The van der Waals surface area contributed by atoms with Crippen LogP contribution in [0, 0.1) is 11.6 Å². The second kappa shape index (κ2) is 10.8. The predicted molar refractivity (Wildman–Crippen MR) is 134 cm³/mol. The Morgan fingerprint density at radius 1 is 0.973 bits per heavy atom. The average molecular weight is 515 g/mol. The molecule has 37 heavy (non-hydrogen) atoms. The van der Waals surface area contributed by atoms with Gasteiger partial charge in [0.15, 0.2) is 0 Å². The number of carbonyl (C=O) groups excluding carboxylic acids is 3. The molecule has 0 aromatic heterocycles. The van der Waals surface area contributed by atoms with Crippen molar-refractivity contribution < 1.29 is 28.3 Å². The van der Waals surface area contributed by atoms with Crippen molar-refractivity contribution in [3.63, 3.8) is 0 Å². The minimum Gasteiger partial charge on any atom is -0.389 e. The summed E-state index contributed by atoms with van der Waals surface area (Å²) in [6, 6.07) is 8.58. The molecule has 0 radical (unpaired) electrons. The Balaban J connectivity index is 1.26. The normalized spacial score (nSPS) is 19.2. The third-order valence-electron chi connectivity index (χ3n) is 6.83. The van der Waals surface area contributed by atoms with E-state index in [0.717, 1.165) is 16.7 Å². The number of hydrogen-bond acceptors (Lipinski definition) is 4. The molecule has 8 nitrogen and oxygen atoms in total. The molecule has 1 heterocycles. The highest BCUT2D eigenvalue weighted by atomic mass is 19.1. The van der Waals surface area contributed by atoms with Gasteiger partial charge in [0.25, 0.3) is 0 Å². The predicted octanol–water partition coefficient (Wildman–Crippen LogP) is 3.54. The molecule has 0 saturated heterocycles. The van der Waals surface area contributed by atoms with E-state index in [4.69, 9.17) is 0 Å². The minimum atomic E-state index is -1.11. The Morgan fingerprint density at radius 3 is 2.35 bits per heavy atom. The molecular formula is C27H32F2N4O4. The lowest BCUT2D eigenvalue weighted by Gasteiger charge is -2.29. The molecule has 4 rings (SSSR count). The Kier molecular flexibility index (Phi) is 7.77. The largest absolute Gasteiger partial charge is 0.389 e. The Hall–Kier alpha value is -3.53. The van der Waals surface area contributed by atoms with Gasteiger partial charge in [-0.05, 0) is 86.4 Å². The monoisotopic (exact) mass is 514 g/mol. The van der Waals surface area contributed by atoms with Crippen LogP contribution in [0.1, 0.15) is 62.1 Å². The van der Waals surface area contributed by atoms with E-state index in [1.165, 1.54) is 36.9 Å². The molecule has 0 spiro atoms. The molecule has 198 valence electrons. The second-order valence-electron chi connectivity index (χ2n) is 10.5. The SMILES string of the molecule is CC(C)(O)CNC(=O)C(=O)NC1CCC(c2ccc(NC(=O)N3Cc4ccc(F)cc4C3)c(F)c2)CC1. The Labute approximate surface area is 214 Å². The van der Waals surface area contributed by atoms with Gasteiger partial charge >= 0.3 is 17.8 Å². The van der Waals surface area contributed by atoms with Gasteiger partial charge in [-0.1, -0.05) is 12.1 Å². The zero-order valence-corrected chi connectivity index (χ0v) is 20.9. The third-order valence-corrected chi connectivity index (χ3v) is 6.83. The molecule has 0 unspecified atom stereocenters. The number of halogens is 2. The van der Waals surface area contributed by atoms with E-state index in [1.54, 1.807) is 18.2 Å². The van der Waals surface area contributed by atoms with Crippen LogP contribution in [0.2, 0.25) is 0 Å². The van der Waals surface area contributed by atoms with Crippen LogP contribution in [0.4, 0.5) is 19.3 Å². The second-order valence-corrected chi connectivity index (χ2v) is 10.5. The molecule has 1 fully saturated rings. The summed E-state index contributed by atoms with van der Waals surface area (Å²) in [6.07, 6.45) is 2.71. The van der Waals surface area contributed by atoms with Gasteiger partial charge in [-0.3, -0.25) is 9.59 Å². The quantitative estimate of drug-likeness (QED) is 0.458. The number of fused-ring (bicyclic) bond motifs is 1. The van der Waals surface area contributed by atoms with E-state index < -0.39 is 29.3 Å². The maximum Gasteiger partial charge on any atom is 0.322 e. The van der Waals surface area contributed by atoms with Crippen LogP contribution < -0.4 is 16.0 Å². The topological polar surface area (TPSA) is 111 Å². The van der Waals surface area contributed by atoms with Crippen LogP contribution in [0.15, 0.2) is 36.4 Å². The lowest BCUT2D eigenvalue weighted by molar-refractivity contribution is -0.140. The standard InChI is InChI=1S/C27H32F2N4O4/c1-27(2,37)15-30-24(34)25(35)31-21-8-4-16(5-9-21)17-6-10-23(22(29)12-17)32-26(36)33-13-18-3-7-20(28)11-19(18)14-33/h3,6-7,10-12,16,21,37H,4-5,8-9,13-15H2,1-2H3,(H,30,34)(H,31,35)(H,32,36). The number of rotatable bonds is 5. The summed E-state index contributed by atoms with van der Waals surface area (Å²) in [7, 11) is 0. The summed E-state index contributed by atoms with van der Waals surface area (Å²) in [5.41, 5.74) is 1.39. The van der Waals surface area contributed by atoms with Gasteiger partial charge in [-0.25, -0.2) is 13.6 Å². The Morgan fingerprint density at radius 2 is 1.68 bits per heavy atom. The summed E-state index contributed by atoms with van der Waals surface area (Å²) in [4.78, 5) is 38.2. The molecule has 1 saturated carbocycles. The van der Waals surface area contributed by atoms with Crippen molar-refractivity contribution in [1.82, 2.24) is 15.5 Å². The summed E-state index contributed by atoms with van der Waals surface area (Å²) in [5, 5.41) is 17.4. The summed E-state index contributed by atoms with van der Waals surface area (Å²) in [5.74, 6) is -2.31. The highest BCUT2D eigenvalue weighted by Crippen LogP contribution is 2.34. The van der Waals surface area contributed by atoms with Gasteiger partial charge in [0, 0.05) is 25.7 Å². The summed E-state index contributed by atoms with van der Waals surface area (Å²) in [6.45, 7) is 3.64. The molecule has 2 aromatic carbocycles. The van der Waals surface area contributed by atoms with E-state index in [9.17, 15) is 28.3 Å². The van der Waals surface area contributed by atoms with Crippen molar-refractivity contribution in [3.8, 4) is 0 Å². The number of amides is 4. The Bertz CT molecular complexity index is 1190. The third kappa shape index (κ3) is 6.82. The number of hydrogen-bond donors (Lipinski definition) is 4. The molecular weight excluding hydrogens is 482 g/mol. The number of benzene rings is 2. The van der Waals surface area contributed by atoms with Crippen molar-refractivity contribution in [2.45, 2.75) is 70.2 Å². The number of aliphatic hydroxyl groups is 1. The first-order valence-corrected chi connectivity index (χ1v) is 12.4. The van der Waals surface area contributed by atoms with Crippen LogP contribution in [0.5, 0.6) is 0 Å². The van der Waals surface area contributed by atoms with E-state index in [-0.39, 0.29) is 36.6 Å². The highest BCUT2D eigenvalue weighted by molar-refractivity contribution is 6.35. The molecule has 2 aromatic rings. The molecule has 0 bridgehead atoms. The highest BCUT2D eigenvalue weighted by Gasteiger charge is 2.28. The van der Waals surface area contributed by atoms with Crippen LogP contribution in [0.25, 0.3) is 0 Å². The van der Waals surface area contributed by atoms with Crippen molar-refractivity contribution in [2.24, 2.45) is 0 Å². The van der Waals surface area contributed by atoms with E-state index >= 15 is 0 Å². The first-order valence-electron chi connectivity index (χ1n) is 12.4. The smallest absolute Gasteiger partial charge is 0.322 e. The maximum absolute atomic E-state index is 14.9. The van der Waals surface area contributed by atoms with Gasteiger partial charge in [0.05, 0.1) is 11.3 Å². The molecule has 1 aliphatic heterocycles. The van der Waals surface area contributed by atoms with Crippen molar-refractivity contribution in [2.75, 3.05) is 11.9 Å². The fourth-order valence-corrected chi connectivity index (χ4v) is 4.79. The van der Waals surface area contributed by atoms with Crippen LogP contribution in [-0.4, -0.2) is 46.0 Å². The zero-order chi connectivity index (χ0) is 26.7. The molecule has 0 atom stereocenters. The fraction of sp³-hybridized carbons (Fsp3) is 0.444. The van der Waals surface area contributed by atoms with Crippen LogP contribution in [0.3, 0.4) is 0 Å². The lowest BCUT2D eigenvalue weighted by Crippen LogP contribution is -2.48. The van der Waals surface area contributed by atoms with Crippen molar-refractivity contribution in [1.29, 1.82) is 0 Å². The van der Waals surface area contributed by atoms with Crippen LogP contribution >= 0.6 is 0 Å². The van der Waals surface area contributed by atoms with Crippen molar-refractivity contribution >= 4 is 23.5 Å². The maximum atomic E-state index is 14.9.